The zero-order valence-electron chi connectivity index (χ0n) is 8.63. The van der Waals surface area contributed by atoms with Crippen molar-refractivity contribution in [3.63, 3.8) is 0 Å². The lowest BCUT2D eigenvalue weighted by atomic mass is 10.0. The molecule has 2 heteroatoms. The smallest absolute Gasteiger partial charge is 0.155 e. The van der Waals surface area contributed by atoms with Crippen LogP contribution in [0.25, 0.3) is 0 Å². The Morgan fingerprint density at radius 2 is 1.00 bits per heavy atom. The monoisotopic (exact) mass is 194 g/mol. The quantitative estimate of drug-likeness (QED) is 0.594. The normalized spacial score (nSPS) is 23.7. The van der Waals surface area contributed by atoms with Gasteiger partial charge in [-0.15, -0.1) is 0 Å². The summed E-state index contributed by atoms with van der Waals surface area (Å²) in [5.41, 5.74) is 0. The maximum atomic E-state index is 11.2. The summed E-state index contributed by atoms with van der Waals surface area (Å²) in [5, 5.41) is 0. The van der Waals surface area contributed by atoms with E-state index in [1.54, 1.807) is 0 Å². The van der Waals surface area contributed by atoms with E-state index in [9.17, 15) is 9.59 Å². The summed E-state index contributed by atoms with van der Waals surface area (Å²) in [4.78, 5) is 22.4. The van der Waals surface area contributed by atoms with Gasteiger partial charge in [0.05, 0.1) is 0 Å². The van der Waals surface area contributed by atoms with Crippen LogP contribution in [0.5, 0.6) is 0 Å². The summed E-state index contributed by atoms with van der Waals surface area (Å²) in [5.74, 6) is 0.192. The van der Waals surface area contributed by atoms with E-state index in [2.05, 4.69) is 0 Å². The largest absolute Gasteiger partial charge is 0.295 e. The van der Waals surface area contributed by atoms with E-state index in [1.807, 2.05) is 0 Å². The SMILES string of the molecule is O=C1/C=C/C(=O)CCCCCCCC1. The van der Waals surface area contributed by atoms with Crippen molar-refractivity contribution in [2.75, 3.05) is 0 Å². The Labute approximate surface area is 85.4 Å². The first-order valence-electron chi connectivity index (χ1n) is 5.53. The minimum absolute atomic E-state index is 0.0962. The zero-order valence-corrected chi connectivity index (χ0v) is 8.63. The number of ketones is 2. The predicted octanol–water partition coefficient (Wildman–Crippen LogP) is 2.82. The van der Waals surface area contributed by atoms with Crippen LogP contribution in [-0.2, 0) is 9.59 Å². The van der Waals surface area contributed by atoms with Gasteiger partial charge in [-0.25, -0.2) is 0 Å². The molecule has 0 radical (unpaired) electrons. The third-order valence-corrected chi connectivity index (χ3v) is 2.55. The fourth-order valence-electron chi connectivity index (χ4n) is 1.66. The van der Waals surface area contributed by atoms with Crippen LogP contribution < -0.4 is 0 Å². The molecule has 0 aromatic heterocycles. The topological polar surface area (TPSA) is 34.1 Å². The third kappa shape index (κ3) is 4.95. The van der Waals surface area contributed by atoms with Gasteiger partial charge < -0.3 is 0 Å². The van der Waals surface area contributed by atoms with Crippen LogP contribution in [-0.4, -0.2) is 11.6 Å². The van der Waals surface area contributed by atoms with Crippen LogP contribution >= 0.6 is 0 Å². The van der Waals surface area contributed by atoms with Crippen molar-refractivity contribution in [1.82, 2.24) is 0 Å². The van der Waals surface area contributed by atoms with Gasteiger partial charge in [-0.3, -0.25) is 9.59 Å². The van der Waals surface area contributed by atoms with Crippen LogP contribution in [0.2, 0.25) is 0 Å². The fraction of sp³-hybridized carbons (Fsp3) is 0.667. The first kappa shape index (κ1) is 11.2. The average Bonchev–Trinajstić information content (AvgIpc) is 2.17. The lowest BCUT2D eigenvalue weighted by molar-refractivity contribution is -0.117. The molecule has 0 saturated carbocycles. The van der Waals surface area contributed by atoms with E-state index in [0.717, 1.165) is 25.7 Å². The molecule has 0 atom stereocenters. The van der Waals surface area contributed by atoms with Gasteiger partial charge in [0, 0.05) is 12.8 Å². The van der Waals surface area contributed by atoms with Crippen LogP contribution in [0.4, 0.5) is 0 Å². The molecule has 1 aliphatic rings. The molecule has 2 nitrogen and oxygen atoms in total. The summed E-state index contributed by atoms with van der Waals surface area (Å²) in [6.07, 6.45) is 10.7. The molecule has 1 aliphatic carbocycles. The molecule has 0 bridgehead atoms. The highest BCUT2D eigenvalue weighted by molar-refractivity contribution is 5.98. The van der Waals surface area contributed by atoms with Gasteiger partial charge in [0.25, 0.3) is 0 Å². The lowest BCUT2D eigenvalue weighted by Gasteiger charge is -2.02. The van der Waals surface area contributed by atoms with E-state index >= 15 is 0 Å². The number of rotatable bonds is 0. The van der Waals surface area contributed by atoms with E-state index in [1.165, 1.54) is 25.0 Å². The number of carbonyl (C=O) groups excluding carboxylic acids is 2. The van der Waals surface area contributed by atoms with Gasteiger partial charge in [0.2, 0.25) is 0 Å². The van der Waals surface area contributed by atoms with Gasteiger partial charge in [-0.2, -0.15) is 0 Å². The van der Waals surface area contributed by atoms with E-state index < -0.39 is 0 Å². The van der Waals surface area contributed by atoms with Gasteiger partial charge >= 0.3 is 0 Å². The van der Waals surface area contributed by atoms with Crippen molar-refractivity contribution in [3.05, 3.63) is 12.2 Å². The summed E-state index contributed by atoms with van der Waals surface area (Å²) < 4.78 is 0. The number of carbonyl (C=O) groups is 2. The Morgan fingerprint density at radius 3 is 1.43 bits per heavy atom. The molecule has 0 aliphatic heterocycles. The second-order valence-electron chi connectivity index (χ2n) is 3.89. The van der Waals surface area contributed by atoms with Crippen LogP contribution in [0, 0.1) is 0 Å². The first-order chi connectivity index (χ1) is 6.79. The number of allylic oxidation sites excluding steroid dienone is 2. The van der Waals surface area contributed by atoms with Crippen LogP contribution in [0.1, 0.15) is 51.4 Å². The Morgan fingerprint density at radius 1 is 0.643 bits per heavy atom. The van der Waals surface area contributed by atoms with Gasteiger partial charge in [0.15, 0.2) is 11.6 Å². The molecule has 0 heterocycles. The molecular weight excluding hydrogens is 176 g/mol. The molecule has 0 spiro atoms. The molecule has 0 aromatic carbocycles. The van der Waals surface area contributed by atoms with Crippen LogP contribution in [0.15, 0.2) is 12.2 Å². The average molecular weight is 194 g/mol. The standard InChI is InChI=1S/C12H18O2/c13-11-7-5-3-1-2-4-6-8-12(14)10-9-11/h9-10H,1-8H2/b10-9+. The van der Waals surface area contributed by atoms with Crippen molar-refractivity contribution < 1.29 is 9.59 Å². The van der Waals surface area contributed by atoms with Crippen molar-refractivity contribution in [1.29, 1.82) is 0 Å². The second kappa shape index (κ2) is 6.52. The van der Waals surface area contributed by atoms with Gasteiger partial charge in [-0.1, -0.05) is 25.7 Å². The Hall–Kier alpha value is -0.920. The Kier molecular flexibility index (Phi) is 5.20. The molecule has 0 aromatic rings. The summed E-state index contributed by atoms with van der Waals surface area (Å²) >= 11 is 0. The molecule has 14 heavy (non-hydrogen) atoms. The molecule has 0 N–H and O–H groups in total. The van der Waals surface area contributed by atoms with Crippen molar-refractivity contribution >= 4 is 11.6 Å². The molecule has 0 unspecified atom stereocenters. The number of hydrogen-bond donors (Lipinski definition) is 0. The van der Waals surface area contributed by atoms with E-state index in [-0.39, 0.29) is 11.6 Å². The summed E-state index contributed by atoms with van der Waals surface area (Å²) in [6, 6.07) is 0. The first-order valence-corrected chi connectivity index (χ1v) is 5.53. The number of hydrogen-bond acceptors (Lipinski definition) is 2. The van der Waals surface area contributed by atoms with Crippen molar-refractivity contribution in [2.45, 2.75) is 51.4 Å². The third-order valence-electron chi connectivity index (χ3n) is 2.55. The summed E-state index contributed by atoms with van der Waals surface area (Å²) in [6.45, 7) is 0. The van der Waals surface area contributed by atoms with Crippen LogP contribution in [0.3, 0.4) is 0 Å². The molecule has 0 saturated heterocycles. The van der Waals surface area contributed by atoms with Crippen molar-refractivity contribution in [3.8, 4) is 0 Å². The summed E-state index contributed by atoms with van der Waals surface area (Å²) in [7, 11) is 0. The molecule has 1 rings (SSSR count). The Balaban J connectivity index is 2.42. The highest BCUT2D eigenvalue weighted by Crippen LogP contribution is 2.10. The van der Waals surface area contributed by atoms with E-state index in [4.69, 9.17) is 0 Å². The minimum Gasteiger partial charge on any atom is -0.295 e. The maximum absolute atomic E-state index is 11.2. The van der Waals surface area contributed by atoms with Gasteiger partial charge in [-0.05, 0) is 25.0 Å². The van der Waals surface area contributed by atoms with Gasteiger partial charge in [0.1, 0.15) is 0 Å². The van der Waals surface area contributed by atoms with Crippen molar-refractivity contribution in [2.24, 2.45) is 0 Å². The molecular formula is C12H18O2. The Bertz CT molecular complexity index is 204. The molecule has 0 fully saturated rings. The maximum Gasteiger partial charge on any atom is 0.155 e. The highest BCUT2D eigenvalue weighted by Gasteiger charge is 2.02. The molecule has 0 amide bonds. The predicted molar refractivity (Wildman–Crippen MR) is 56.1 cm³/mol. The minimum atomic E-state index is 0.0962. The fourth-order valence-corrected chi connectivity index (χ4v) is 1.66. The van der Waals surface area contributed by atoms with E-state index in [0.29, 0.717) is 12.8 Å². The zero-order chi connectivity index (χ0) is 10.2. The molecule has 78 valence electrons. The second-order valence-corrected chi connectivity index (χ2v) is 3.89. The lowest BCUT2D eigenvalue weighted by Crippen LogP contribution is -1.98. The highest BCUT2D eigenvalue weighted by atomic mass is 16.1.